The SMILES string of the molecule is Oc1cccc2c1pcc1ccccc12. The van der Waals surface area contributed by atoms with Crippen molar-refractivity contribution in [2.45, 2.75) is 0 Å². The lowest BCUT2D eigenvalue weighted by Gasteiger charge is -2.04. The second kappa shape index (κ2) is 3.22. The summed E-state index contributed by atoms with van der Waals surface area (Å²) in [4.78, 5) is 0. The van der Waals surface area contributed by atoms with Crippen molar-refractivity contribution in [2.75, 3.05) is 0 Å². The maximum Gasteiger partial charge on any atom is 0.128 e. The second-order valence-corrected chi connectivity index (χ2v) is 4.48. The predicted molar refractivity (Wildman–Crippen MR) is 65.6 cm³/mol. The van der Waals surface area contributed by atoms with Gasteiger partial charge in [0.15, 0.2) is 0 Å². The normalized spacial score (nSPS) is 11.5. The smallest absolute Gasteiger partial charge is 0.128 e. The van der Waals surface area contributed by atoms with Gasteiger partial charge in [-0.2, -0.15) is 0 Å². The van der Waals surface area contributed by atoms with Crippen molar-refractivity contribution >= 4 is 29.5 Å². The van der Waals surface area contributed by atoms with Gasteiger partial charge >= 0.3 is 0 Å². The minimum Gasteiger partial charge on any atom is -0.507 e. The van der Waals surface area contributed by atoms with E-state index in [2.05, 4.69) is 24.0 Å². The van der Waals surface area contributed by atoms with Crippen molar-refractivity contribution in [2.24, 2.45) is 0 Å². The summed E-state index contributed by atoms with van der Waals surface area (Å²) in [6, 6.07) is 14.0. The molecule has 0 spiro atoms. The molecule has 15 heavy (non-hydrogen) atoms. The van der Waals surface area contributed by atoms with Crippen LogP contribution in [0.4, 0.5) is 0 Å². The Bertz CT molecular complexity index is 646. The molecule has 0 aliphatic heterocycles. The van der Waals surface area contributed by atoms with E-state index in [1.807, 2.05) is 18.2 Å². The van der Waals surface area contributed by atoms with Gasteiger partial charge in [0.05, 0.1) is 5.12 Å². The summed E-state index contributed by atoms with van der Waals surface area (Å²) in [7, 11) is 1.07. The lowest BCUT2D eigenvalue weighted by atomic mass is 10.1. The van der Waals surface area contributed by atoms with Gasteiger partial charge in [0.2, 0.25) is 0 Å². The highest BCUT2D eigenvalue weighted by molar-refractivity contribution is 7.36. The van der Waals surface area contributed by atoms with Crippen molar-refractivity contribution < 1.29 is 5.11 Å². The molecule has 0 saturated carbocycles. The molecule has 0 saturated heterocycles. The first-order valence-corrected chi connectivity index (χ1v) is 5.78. The van der Waals surface area contributed by atoms with Gasteiger partial charge in [0.1, 0.15) is 5.75 Å². The van der Waals surface area contributed by atoms with Gasteiger partial charge < -0.3 is 5.11 Å². The molecule has 0 radical (unpaired) electrons. The summed E-state index contributed by atoms with van der Waals surface area (Å²) in [5.41, 5.74) is 0. The molecule has 2 aromatic carbocycles. The minimum atomic E-state index is 0.389. The van der Waals surface area contributed by atoms with E-state index in [1.54, 1.807) is 6.07 Å². The standard InChI is InChI=1S/C13H9OP/c14-12-7-3-6-11-10-5-2-1-4-9(10)8-15-13(11)12/h1-8,14H. The number of phenolic OH excluding ortho intramolecular Hbond substituents is 1. The van der Waals surface area contributed by atoms with Crippen LogP contribution in [0.5, 0.6) is 5.75 Å². The van der Waals surface area contributed by atoms with Crippen molar-refractivity contribution in [1.29, 1.82) is 0 Å². The molecular weight excluding hydrogens is 203 g/mol. The van der Waals surface area contributed by atoms with E-state index >= 15 is 0 Å². The van der Waals surface area contributed by atoms with Gasteiger partial charge in [-0.05, 0) is 28.0 Å². The Labute approximate surface area is 89.1 Å². The van der Waals surface area contributed by atoms with Crippen LogP contribution in [0.15, 0.2) is 48.3 Å². The lowest BCUT2D eigenvalue weighted by molar-refractivity contribution is 0.482. The van der Waals surface area contributed by atoms with Crippen LogP contribution < -0.4 is 0 Å². The highest BCUT2D eigenvalue weighted by Crippen LogP contribution is 2.36. The number of hydrogen-bond donors (Lipinski definition) is 1. The van der Waals surface area contributed by atoms with Crippen molar-refractivity contribution in [3.05, 3.63) is 48.3 Å². The number of rotatable bonds is 0. The third kappa shape index (κ3) is 1.28. The molecule has 2 heteroatoms. The highest BCUT2D eigenvalue weighted by atomic mass is 31.0. The summed E-state index contributed by atoms with van der Waals surface area (Å²) < 4.78 is 0. The fraction of sp³-hybridized carbons (Fsp3) is 0. The molecule has 3 aromatic rings. The zero-order valence-electron chi connectivity index (χ0n) is 8.01. The zero-order valence-corrected chi connectivity index (χ0v) is 8.91. The van der Waals surface area contributed by atoms with Crippen molar-refractivity contribution in [3.8, 4) is 5.75 Å². The first-order valence-electron chi connectivity index (χ1n) is 4.82. The molecule has 0 unspecified atom stereocenters. The monoisotopic (exact) mass is 212 g/mol. The Hall–Kier alpha value is -1.59. The number of aromatic hydroxyl groups is 1. The maximum absolute atomic E-state index is 9.75. The lowest BCUT2D eigenvalue weighted by Crippen LogP contribution is -1.74. The van der Waals surface area contributed by atoms with E-state index in [-0.39, 0.29) is 0 Å². The average Bonchev–Trinajstić information content (AvgIpc) is 2.29. The molecular formula is C13H9OP. The molecule has 1 nitrogen and oxygen atoms in total. The second-order valence-electron chi connectivity index (χ2n) is 3.52. The number of phenols is 1. The van der Waals surface area contributed by atoms with E-state index in [1.165, 1.54) is 10.8 Å². The molecule has 72 valence electrons. The van der Waals surface area contributed by atoms with Crippen LogP contribution >= 0.6 is 8.19 Å². The topological polar surface area (TPSA) is 20.2 Å². The van der Waals surface area contributed by atoms with Gasteiger partial charge in [-0.25, -0.2) is 0 Å². The summed E-state index contributed by atoms with van der Waals surface area (Å²) in [6.45, 7) is 0. The third-order valence-electron chi connectivity index (χ3n) is 2.60. The van der Waals surface area contributed by atoms with Crippen LogP contribution in [-0.2, 0) is 0 Å². The van der Waals surface area contributed by atoms with E-state index in [0.29, 0.717) is 5.75 Å². The molecule has 0 atom stereocenters. The summed E-state index contributed by atoms with van der Waals surface area (Å²) in [6.07, 6.45) is 0. The number of fused-ring (bicyclic) bond motifs is 3. The Morgan fingerprint density at radius 2 is 1.67 bits per heavy atom. The number of benzene rings is 2. The van der Waals surface area contributed by atoms with Crippen molar-refractivity contribution in [3.63, 3.8) is 0 Å². The van der Waals surface area contributed by atoms with E-state index in [0.717, 1.165) is 18.7 Å². The first-order chi connectivity index (χ1) is 7.36. The van der Waals surface area contributed by atoms with Crippen LogP contribution in [0.2, 0.25) is 0 Å². The average molecular weight is 212 g/mol. The van der Waals surface area contributed by atoms with Crippen LogP contribution in [0.3, 0.4) is 0 Å². The third-order valence-corrected chi connectivity index (χ3v) is 3.73. The van der Waals surface area contributed by atoms with Gasteiger partial charge in [0, 0.05) is 0 Å². The molecule has 0 bridgehead atoms. The van der Waals surface area contributed by atoms with E-state index in [4.69, 9.17) is 0 Å². The van der Waals surface area contributed by atoms with Crippen molar-refractivity contribution in [1.82, 2.24) is 0 Å². The van der Waals surface area contributed by atoms with Gasteiger partial charge in [-0.3, -0.25) is 0 Å². The zero-order chi connectivity index (χ0) is 10.3. The fourth-order valence-electron chi connectivity index (χ4n) is 1.87. The summed E-state index contributed by atoms with van der Waals surface area (Å²) in [5.74, 6) is 2.53. The molecule has 1 N–H and O–H groups in total. The van der Waals surface area contributed by atoms with Crippen LogP contribution in [0.1, 0.15) is 0 Å². The largest absolute Gasteiger partial charge is 0.507 e. The molecule has 0 fully saturated rings. The number of hydrogen-bond acceptors (Lipinski definition) is 1. The summed E-state index contributed by atoms with van der Waals surface area (Å²) >= 11 is 0. The molecule has 1 heterocycles. The van der Waals surface area contributed by atoms with E-state index < -0.39 is 0 Å². The molecule has 0 amide bonds. The minimum absolute atomic E-state index is 0.389. The first kappa shape index (κ1) is 8.70. The van der Waals surface area contributed by atoms with Crippen LogP contribution in [0.25, 0.3) is 21.3 Å². The summed E-state index contributed by atoms with van der Waals surface area (Å²) in [5, 5.41) is 14.4. The van der Waals surface area contributed by atoms with Gasteiger partial charge in [-0.15, -0.1) is 0 Å². The predicted octanol–water partition coefficient (Wildman–Crippen LogP) is 4.28. The molecule has 1 aromatic heterocycles. The van der Waals surface area contributed by atoms with Gasteiger partial charge in [-0.1, -0.05) is 44.6 Å². The molecule has 3 rings (SSSR count). The molecule has 0 aliphatic rings. The Balaban J connectivity index is 2.60. The quantitative estimate of drug-likeness (QED) is 0.551. The molecule has 0 aliphatic carbocycles. The maximum atomic E-state index is 9.75. The highest BCUT2D eigenvalue weighted by Gasteiger charge is 2.02. The van der Waals surface area contributed by atoms with Gasteiger partial charge in [0.25, 0.3) is 0 Å². The van der Waals surface area contributed by atoms with E-state index in [9.17, 15) is 5.11 Å². The Kier molecular flexibility index (Phi) is 1.87. The van der Waals surface area contributed by atoms with Crippen LogP contribution in [-0.4, -0.2) is 5.11 Å². The Morgan fingerprint density at radius 1 is 0.867 bits per heavy atom. The fourth-order valence-corrected chi connectivity index (χ4v) is 2.91. The van der Waals surface area contributed by atoms with Crippen LogP contribution in [0, 0.1) is 0 Å². The Morgan fingerprint density at radius 3 is 2.60 bits per heavy atom.